The summed E-state index contributed by atoms with van der Waals surface area (Å²) >= 11 is 0. The number of allylic oxidation sites excluding steroid dienone is 1. The van der Waals surface area contributed by atoms with Gasteiger partial charge in [-0.1, -0.05) is 19.2 Å². The molecule has 0 fully saturated rings. The summed E-state index contributed by atoms with van der Waals surface area (Å²) in [6, 6.07) is 0. The molecular weight excluding hydrogens is 166 g/mol. The fourth-order valence-corrected chi connectivity index (χ4v) is 1.01. The Bertz CT molecular complexity index is 497. The topological polar surface area (TPSA) is 53.1 Å². The molecular formula is C10H11NO2. The molecule has 0 atom stereocenters. The minimum absolute atomic E-state index is 0.0585. The molecule has 13 heavy (non-hydrogen) atoms. The van der Waals surface area contributed by atoms with Crippen molar-refractivity contribution < 1.29 is 5.11 Å². The van der Waals surface area contributed by atoms with Gasteiger partial charge in [-0.05, 0) is 13.0 Å². The first-order chi connectivity index (χ1) is 6.07. The van der Waals surface area contributed by atoms with Crippen LogP contribution in [-0.4, -0.2) is 10.1 Å². The number of H-pyrrole nitrogens is 1. The molecule has 1 aromatic heterocycles. The lowest BCUT2D eigenvalue weighted by atomic mass is 10.2. The van der Waals surface area contributed by atoms with Crippen LogP contribution >= 0.6 is 0 Å². The van der Waals surface area contributed by atoms with E-state index in [4.69, 9.17) is 0 Å². The second kappa shape index (κ2) is 3.31. The fraction of sp³-hybridized carbons (Fsp3) is 0.100. The third-order valence-electron chi connectivity index (χ3n) is 1.84. The van der Waals surface area contributed by atoms with Gasteiger partial charge in [-0.15, -0.1) is 0 Å². The summed E-state index contributed by atoms with van der Waals surface area (Å²) in [5.41, 5.74) is -0.0239. The normalized spacial score (nSPS) is 11.6. The lowest BCUT2D eigenvalue weighted by Crippen LogP contribution is -2.34. The second-order valence-corrected chi connectivity index (χ2v) is 2.72. The van der Waals surface area contributed by atoms with E-state index < -0.39 is 0 Å². The molecule has 1 aromatic rings. The highest BCUT2D eigenvalue weighted by molar-refractivity contribution is 5.39. The van der Waals surface area contributed by atoms with E-state index in [0.717, 1.165) is 0 Å². The Morgan fingerprint density at radius 3 is 2.69 bits per heavy atom. The minimum Gasteiger partial charge on any atom is -0.507 e. The molecule has 68 valence electrons. The van der Waals surface area contributed by atoms with Crippen molar-refractivity contribution in [1.82, 2.24) is 4.98 Å². The van der Waals surface area contributed by atoms with Gasteiger partial charge in [0.05, 0.1) is 10.9 Å². The van der Waals surface area contributed by atoms with Crippen molar-refractivity contribution in [2.75, 3.05) is 0 Å². The molecule has 1 rings (SSSR count). The molecule has 3 heteroatoms. The van der Waals surface area contributed by atoms with Crippen LogP contribution in [0.1, 0.15) is 5.56 Å². The fourth-order valence-electron chi connectivity index (χ4n) is 1.01. The Balaban J connectivity index is 3.81. The molecule has 0 aliphatic carbocycles. The van der Waals surface area contributed by atoms with Crippen molar-refractivity contribution in [2.24, 2.45) is 0 Å². The first kappa shape index (κ1) is 9.32. The van der Waals surface area contributed by atoms with E-state index in [0.29, 0.717) is 10.6 Å². The number of aromatic nitrogens is 1. The number of aromatic hydroxyl groups is 1. The zero-order valence-corrected chi connectivity index (χ0v) is 7.42. The van der Waals surface area contributed by atoms with E-state index in [1.54, 1.807) is 13.0 Å². The van der Waals surface area contributed by atoms with E-state index >= 15 is 0 Å². The molecule has 0 saturated heterocycles. The summed E-state index contributed by atoms with van der Waals surface area (Å²) in [4.78, 5) is 13.8. The SMILES string of the molecule is C=C/C=c1/[nH]c(=O)c(C)c(O)c1=C. The monoisotopic (exact) mass is 177 g/mol. The molecule has 0 aliphatic rings. The maximum Gasteiger partial charge on any atom is 0.255 e. The first-order valence-electron chi connectivity index (χ1n) is 3.81. The molecule has 0 radical (unpaired) electrons. The van der Waals surface area contributed by atoms with Gasteiger partial charge in [0.2, 0.25) is 0 Å². The van der Waals surface area contributed by atoms with Crippen molar-refractivity contribution in [1.29, 1.82) is 0 Å². The third kappa shape index (κ3) is 1.54. The largest absolute Gasteiger partial charge is 0.507 e. The lowest BCUT2D eigenvalue weighted by molar-refractivity contribution is 0.463. The first-order valence-corrected chi connectivity index (χ1v) is 3.81. The van der Waals surface area contributed by atoms with Crippen LogP contribution in [0.4, 0.5) is 0 Å². The number of aromatic amines is 1. The summed E-state index contributed by atoms with van der Waals surface area (Å²) in [6.45, 7) is 8.68. The van der Waals surface area contributed by atoms with E-state index in [2.05, 4.69) is 18.1 Å². The Kier molecular flexibility index (Phi) is 2.37. The van der Waals surface area contributed by atoms with Gasteiger partial charge in [-0.2, -0.15) is 0 Å². The van der Waals surface area contributed by atoms with Gasteiger partial charge in [0, 0.05) is 5.22 Å². The van der Waals surface area contributed by atoms with Crippen LogP contribution in [0.3, 0.4) is 0 Å². The molecule has 0 bridgehead atoms. The molecule has 0 spiro atoms. The van der Waals surface area contributed by atoms with Crippen molar-refractivity contribution in [3.05, 3.63) is 39.1 Å². The second-order valence-electron chi connectivity index (χ2n) is 2.72. The lowest BCUT2D eigenvalue weighted by Gasteiger charge is -1.97. The van der Waals surface area contributed by atoms with Gasteiger partial charge in [0.1, 0.15) is 5.75 Å². The van der Waals surface area contributed by atoms with Crippen LogP contribution in [0.2, 0.25) is 0 Å². The summed E-state index contributed by atoms with van der Waals surface area (Å²) < 4.78 is 0. The molecule has 0 saturated carbocycles. The van der Waals surface area contributed by atoms with Crippen molar-refractivity contribution in [3.8, 4) is 5.75 Å². The average Bonchev–Trinajstić information content (AvgIpc) is 2.11. The maximum absolute atomic E-state index is 11.2. The molecule has 0 aromatic carbocycles. The van der Waals surface area contributed by atoms with Gasteiger partial charge >= 0.3 is 0 Å². The van der Waals surface area contributed by atoms with Gasteiger partial charge in [0.25, 0.3) is 5.56 Å². The number of hydrogen-bond acceptors (Lipinski definition) is 2. The molecule has 3 nitrogen and oxygen atoms in total. The molecule has 2 N–H and O–H groups in total. The summed E-state index contributed by atoms with van der Waals surface area (Å²) in [6.07, 6.45) is 3.11. The average molecular weight is 177 g/mol. The van der Waals surface area contributed by atoms with Crippen LogP contribution in [-0.2, 0) is 0 Å². The molecule has 0 aliphatic heterocycles. The Labute approximate surface area is 75.4 Å². The predicted molar refractivity (Wildman–Crippen MR) is 52.9 cm³/mol. The predicted octanol–water partition coefficient (Wildman–Crippen LogP) is -0.234. The Hall–Kier alpha value is -1.77. The highest BCUT2D eigenvalue weighted by Gasteiger charge is 2.01. The number of rotatable bonds is 1. The summed E-state index contributed by atoms with van der Waals surface area (Å²) in [5, 5.41) is 10.4. The Morgan fingerprint density at radius 1 is 1.54 bits per heavy atom. The van der Waals surface area contributed by atoms with Gasteiger partial charge in [0.15, 0.2) is 0 Å². The number of nitrogens with one attached hydrogen (secondary N) is 1. The van der Waals surface area contributed by atoms with Crippen LogP contribution in [0, 0.1) is 6.92 Å². The highest BCUT2D eigenvalue weighted by atomic mass is 16.3. The number of hydrogen-bond donors (Lipinski definition) is 2. The van der Waals surface area contributed by atoms with Crippen LogP contribution < -0.4 is 16.1 Å². The molecule has 0 unspecified atom stereocenters. The molecule has 0 amide bonds. The maximum atomic E-state index is 11.2. The van der Waals surface area contributed by atoms with Crippen LogP contribution in [0.25, 0.3) is 12.7 Å². The highest BCUT2D eigenvalue weighted by Crippen LogP contribution is 1.98. The van der Waals surface area contributed by atoms with Crippen molar-refractivity contribution in [2.45, 2.75) is 6.92 Å². The quantitative estimate of drug-likeness (QED) is 0.622. The smallest absolute Gasteiger partial charge is 0.255 e. The van der Waals surface area contributed by atoms with E-state index in [9.17, 15) is 9.90 Å². The third-order valence-corrected chi connectivity index (χ3v) is 1.84. The van der Waals surface area contributed by atoms with Gasteiger partial charge < -0.3 is 10.1 Å². The van der Waals surface area contributed by atoms with E-state index in [-0.39, 0.29) is 16.9 Å². The zero-order chi connectivity index (χ0) is 10.0. The van der Waals surface area contributed by atoms with Gasteiger partial charge in [-0.3, -0.25) is 4.79 Å². The minimum atomic E-state index is -0.307. The van der Waals surface area contributed by atoms with E-state index in [1.807, 2.05) is 0 Å². The van der Waals surface area contributed by atoms with E-state index in [1.165, 1.54) is 6.08 Å². The number of pyridine rings is 1. The molecule has 1 heterocycles. The standard InChI is InChI=1S/C10H11NO2/c1-4-5-8-6(2)9(12)7(3)10(13)11-8/h4-5,12H,1-2H2,3H3,(H,11,13)/b8-5+. The summed E-state index contributed by atoms with van der Waals surface area (Å²) in [5.74, 6) is -0.0585. The zero-order valence-electron chi connectivity index (χ0n) is 7.42. The Morgan fingerprint density at radius 2 is 2.15 bits per heavy atom. The summed E-state index contributed by atoms with van der Waals surface area (Å²) in [7, 11) is 0. The van der Waals surface area contributed by atoms with Crippen LogP contribution in [0.5, 0.6) is 5.75 Å². The van der Waals surface area contributed by atoms with Crippen molar-refractivity contribution in [3.63, 3.8) is 0 Å². The van der Waals surface area contributed by atoms with Gasteiger partial charge in [-0.25, -0.2) is 0 Å². The van der Waals surface area contributed by atoms with Crippen LogP contribution in [0.15, 0.2) is 17.4 Å². The van der Waals surface area contributed by atoms with Crippen molar-refractivity contribution >= 4 is 12.7 Å².